The molecule has 28 heavy (non-hydrogen) atoms. The fraction of sp³-hybridized carbons (Fsp3) is 0.227. The molecule has 0 aliphatic carbocycles. The molecule has 4 rings (SSSR count). The molecule has 3 aromatic rings. The standard InChI is InChI=1S/C22H22N2O3S/c25-22(23-16-17-7-2-1-3-8-17)21-11-6-14-24(21)28(26,27)20-13-12-18-9-4-5-10-19(18)15-20/h1-5,7-10,12-13,15,21H,6,11,14,16H2,(H,23,25)/t21-/m1/s1. The Hall–Kier alpha value is -2.70. The Bertz CT molecular complexity index is 1100. The predicted molar refractivity (Wildman–Crippen MR) is 109 cm³/mol. The van der Waals surface area contributed by atoms with Gasteiger partial charge in [0.15, 0.2) is 0 Å². The maximum Gasteiger partial charge on any atom is 0.243 e. The van der Waals surface area contributed by atoms with Gasteiger partial charge in [-0.05, 0) is 41.3 Å². The van der Waals surface area contributed by atoms with Crippen LogP contribution in [-0.4, -0.2) is 31.2 Å². The van der Waals surface area contributed by atoms with Crippen molar-refractivity contribution in [3.8, 4) is 0 Å². The summed E-state index contributed by atoms with van der Waals surface area (Å²) in [5, 5.41) is 4.73. The molecule has 0 unspecified atom stereocenters. The first-order chi connectivity index (χ1) is 13.6. The van der Waals surface area contributed by atoms with Crippen molar-refractivity contribution in [2.45, 2.75) is 30.3 Å². The quantitative estimate of drug-likeness (QED) is 0.722. The fourth-order valence-corrected chi connectivity index (χ4v) is 5.35. The molecule has 1 aliphatic rings. The highest BCUT2D eigenvalue weighted by Crippen LogP contribution is 2.28. The molecule has 6 heteroatoms. The van der Waals surface area contributed by atoms with Gasteiger partial charge < -0.3 is 5.32 Å². The molecule has 1 heterocycles. The number of rotatable bonds is 5. The van der Waals surface area contributed by atoms with E-state index in [2.05, 4.69) is 5.32 Å². The number of benzene rings is 3. The maximum absolute atomic E-state index is 13.2. The molecule has 0 aromatic heterocycles. The van der Waals surface area contributed by atoms with Gasteiger partial charge in [0.25, 0.3) is 0 Å². The molecule has 3 aromatic carbocycles. The summed E-state index contributed by atoms with van der Waals surface area (Å²) in [4.78, 5) is 12.9. The number of nitrogens with one attached hydrogen (secondary N) is 1. The van der Waals surface area contributed by atoms with Gasteiger partial charge in [0, 0.05) is 13.1 Å². The van der Waals surface area contributed by atoms with E-state index >= 15 is 0 Å². The normalized spacial score (nSPS) is 17.6. The van der Waals surface area contributed by atoms with Crippen molar-refractivity contribution in [1.29, 1.82) is 0 Å². The summed E-state index contributed by atoms with van der Waals surface area (Å²) in [7, 11) is -3.73. The predicted octanol–water partition coefficient (Wildman–Crippen LogP) is 3.31. The van der Waals surface area contributed by atoms with E-state index in [9.17, 15) is 13.2 Å². The third-order valence-electron chi connectivity index (χ3n) is 5.14. The molecular formula is C22H22N2O3S. The van der Waals surface area contributed by atoms with Gasteiger partial charge in [-0.25, -0.2) is 8.42 Å². The largest absolute Gasteiger partial charge is 0.351 e. The molecule has 1 aliphatic heterocycles. The number of amides is 1. The number of hydrogen-bond acceptors (Lipinski definition) is 3. The lowest BCUT2D eigenvalue weighted by Gasteiger charge is -2.23. The van der Waals surface area contributed by atoms with E-state index in [-0.39, 0.29) is 10.8 Å². The number of hydrogen-bond donors (Lipinski definition) is 1. The number of carbonyl (C=O) groups is 1. The number of sulfonamides is 1. The zero-order valence-electron chi connectivity index (χ0n) is 15.4. The van der Waals surface area contributed by atoms with Gasteiger partial charge in [-0.2, -0.15) is 4.31 Å². The number of carbonyl (C=O) groups excluding carboxylic acids is 1. The summed E-state index contributed by atoms with van der Waals surface area (Å²) in [5.41, 5.74) is 0.984. The summed E-state index contributed by atoms with van der Waals surface area (Å²) in [6.45, 7) is 0.749. The van der Waals surface area contributed by atoms with Crippen LogP contribution in [0.15, 0.2) is 77.7 Å². The zero-order chi connectivity index (χ0) is 19.6. The third-order valence-corrected chi connectivity index (χ3v) is 7.05. The van der Waals surface area contributed by atoms with Gasteiger partial charge in [0.2, 0.25) is 15.9 Å². The Kier molecular flexibility index (Phi) is 5.15. The Labute approximate surface area is 165 Å². The Balaban J connectivity index is 1.54. The lowest BCUT2D eigenvalue weighted by molar-refractivity contribution is -0.124. The molecule has 1 atom stereocenters. The molecule has 1 N–H and O–H groups in total. The van der Waals surface area contributed by atoms with E-state index in [0.717, 1.165) is 16.3 Å². The van der Waals surface area contributed by atoms with Crippen LogP contribution in [0.4, 0.5) is 0 Å². The minimum absolute atomic E-state index is 0.231. The number of fused-ring (bicyclic) bond motifs is 1. The van der Waals surface area contributed by atoms with Crippen LogP contribution in [0, 0.1) is 0 Å². The highest BCUT2D eigenvalue weighted by molar-refractivity contribution is 7.89. The van der Waals surface area contributed by atoms with E-state index in [4.69, 9.17) is 0 Å². The topological polar surface area (TPSA) is 66.5 Å². The van der Waals surface area contributed by atoms with Crippen molar-refractivity contribution in [2.75, 3.05) is 6.54 Å². The second-order valence-electron chi connectivity index (χ2n) is 6.99. The first-order valence-corrected chi connectivity index (χ1v) is 10.8. The molecule has 1 fully saturated rings. The van der Waals surface area contributed by atoms with Crippen molar-refractivity contribution in [3.63, 3.8) is 0 Å². The molecule has 0 radical (unpaired) electrons. The van der Waals surface area contributed by atoms with Crippen LogP contribution < -0.4 is 5.32 Å². The van der Waals surface area contributed by atoms with Crippen molar-refractivity contribution >= 4 is 26.7 Å². The Morgan fingerprint density at radius 3 is 2.46 bits per heavy atom. The lowest BCUT2D eigenvalue weighted by Crippen LogP contribution is -2.45. The van der Waals surface area contributed by atoms with Crippen LogP contribution in [0.2, 0.25) is 0 Å². The summed E-state index contributed by atoms with van der Waals surface area (Å²) < 4.78 is 27.8. The van der Waals surface area contributed by atoms with Crippen molar-refractivity contribution < 1.29 is 13.2 Å². The first-order valence-electron chi connectivity index (χ1n) is 9.38. The van der Waals surface area contributed by atoms with Gasteiger partial charge in [0.05, 0.1) is 4.90 Å². The van der Waals surface area contributed by atoms with E-state index in [1.165, 1.54) is 4.31 Å². The molecule has 0 saturated carbocycles. The van der Waals surface area contributed by atoms with E-state index in [1.807, 2.05) is 60.7 Å². The molecule has 5 nitrogen and oxygen atoms in total. The molecule has 1 amide bonds. The van der Waals surface area contributed by atoms with Crippen molar-refractivity contribution in [1.82, 2.24) is 9.62 Å². The molecule has 0 bridgehead atoms. The van der Waals surface area contributed by atoms with Crippen molar-refractivity contribution in [2.24, 2.45) is 0 Å². The molecule has 1 saturated heterocycles. The van der Waals surface area contributed by atoms with Crippen LogP contribution in [0.25, 0.3) is 10.8 Å². The monoisotopic (exact) mass is 394 g/mol. The van der Waals surface area contributed by atoms with Gasteiger partial charge in [-0.15, -0.1) is 0 Å². The Morgan fingerprint density at radius 2 is 1.68 bits per heavy atom. The lowest BCUT2D eigenvalue weighted by atomic mass is 10.1. The molecular weight excluding hydrogens is 372 g/mol. The highest BCUT2D eigenvalue weighted by Gasteiger charge is 2.39. The van der Waals surface area contributed by atoms with Gasteiger partial charge in [-0.3, -0.25) is 4.79 Å². The minimum Gasteiger partial charge on any atom is -0.351 e. The second kappa shape index (κ2) is 7.73. The van der Waals surface area contributed by atoms with Crippen LogP contribution in [0.5, 0.6) is 0 Å². The molecule has 144 valence electrons. The average molecular weight is 394 g/mol. The summed E-state index contributed by atoms with van der Waals surface area (Å²) in [6.07, 6.45) is 1.21. The maximum atomic E-state index is 13.2. The zero-order valence-corrected chi connectivity index (χ0v) is 16.2. The highest BCUT2D eigenvalue weighted by atomic mass is 32.2. The smallest absolute Gasteiger partial charge is 0.243 e. The van der Waals surface area contributed by atoms with E-state index in [0.29, 0.717) is 25.9 Å². The first kappa shape index (κ1) is 18.7. The van der Waals surface area contributed by atoms with Gasteiger partial charge in [-0.1, -0.05) is 60.7 Å². The van der Waals surface area contributed by atoms with Gasteiger partial charge in [0.1, 0.15) is 6.04 Å². The van der Waals surface area contributed by atoms with E-state index in [1.54, 1.807) is 12.1 Å². The number of nitrogens with zero attached hydrogens (tertiary/aromatic N) is 1. The fourth-order valence-electron chi connectivity index (χ4n) is 3.66. The minimum atomic E-state index is -3.73. The second-order valence-corrected chi connectivity index (χ2v) is 8.88. The van der Waals surface area contributed by atoms with Crippen LogP contribution >= 0.6 is 0 Å². The SMILES string of the molecule is O=C(NCc1ccccc1)[C@H]1CCCN1S(=O)(=O)c1ccc2ccccc2c1. The van der Waals surface area contributed by atoms with Crippen LogP contribution in [0.1, 0.15) is 18.4 Å². The third kappa shape index (κ3) is 3.66. The van der Waals surface area contributed by atoms with E-state index < -0.39 is 16.1 Å². The summed E-state index contributed by atoms with van der Waals surface area (Å²) >= 11 is 0. The average Bonchev–Trinajstić information content (AvgIpc) is 3.23. The van der Waals surface area contributed by atoms with Crippen molar-refractivity contribution in [3.05, 3.63) is 78.4 Å². The van der Waals surface area contributed by atoms with Crippen LogP contribution in [0.3, 0.4) is 0 Å². The van der Waals surface area contributed by atoms with Gasteiger partial charge >= 0.3 is 0 Å². The van der Waals surface area contributed by atoms with Crippen LogP contribution in [-0.2, 0) is 21.4 Å². The summed E-state index contributed by atoms with van der Waals surface area (Å²) in [5.74, 6) is -0.245. The summed E-state index contributed by atoms with van der Waals surface area (Å²) in [6, 6.07) is 21.7. The Morgan fingerprint density at radius 1 is 0.964 bits per heavy atom. The molecule has 0 spiro atoms.